The second kappa shape index (κ2) is 63.0. The van der Waals surface area contributed by atoms with Crippen LogP contribution in [0, 0.1) is 0 Å². The molecule has 81 heavy (non-hydrogen) atoms. The number of ether oxygens (including phenoxy) is 4. The number of hydrogen-bond donors (Lipinski definition) is 0. The summed E-state index contributed by atoms with van der Waals surface area (Å²) in [6.07, 6.45) is 78.7. The van der Waals surface area contributed by atoms with Gasteiger partial charge in [-0.2, -0.15) is 0 Å². The first-order valence-electron chi connectivity index (χ1n) is 34.4. The molecule has 0 rings (SSSR count). The van der Waals surface area contributed by atoms with Gasteiger partial charge in [0.2, 0.25) is 0 Å². The molecule has 9 heteroatoms. The van der Waals surface area contributed by atoms with E-state index in [1.54, 1.807) is 0 Å². The Morgan fingerprint density at radius 3 is 1.05 bits per heavy atom. The van der Waals surface area contributed by atoms with Crippen LogP contribution >= 0.6 is 0 Å². The number of esters is 2. The molecule has 0 heterocycles. The van der Waals surface area contributed by atoms with Gasteiger partial charge >= 0.3 is 11.9 Å². The van der Waals surface area contributed by atoms with Crippen molar-refractivity contribution < 1.29 is 42.9 Å². The zero-order chi connectivity index (χ0) is 59.1. The third-order valence-corrected chi connectivity index (χ3v) is 15.3. The molecule has 0 saturated heterocycles. The standard InChI is InChI=1S/C72H131NO8/c1-6-8-10-12-14-16-18-20-22-24-26-28-29-30-31-32-33-34-35-36-37-38-39-40-41-43-45-47-49-51-53-55-57-59-61-63-70(75)81-68(67-80-72(71(76)77)78-65-64-73(3,4)5)66-79-69(74)62-60-58-56-54-52-50-48-46-44-42-27-25-23-21-19-17-15-13-11-9-7-2/h8,10,14,16,20,22,26,28,30-31,68,72H,6-7,9,11-13,15,17-19,21,23-25,27,29,32-67H2,1-5H3/b10-8-,16-14-,22-20-,28-26-,31-30-. The Morgan fingerprint density at radius 1 is 0.383 bits per heavy atom. The van der Waals surface area contributed by atoms with Gasteiger partial charge in [-0.3, -0.25) is 9.59 Å². The fourth-order valence-electron chi connectivity index (χ4n) is 10.0. The van der Waals surface area contributed by atoms with E-state index < -0.39 is 24.3 Å². The summed E-state index contributed by atoms with van der Waals surface area (Å²) in [6.45, 7) is 4.69. The number of likely N-dealkylation sites (N-methyl/N-ethyl adjacent to an activating group) is 1. The van der Waals surface area contributed by atoms with Gasteiger partial charge in [0.25, 0.3) is 0 Å². The minimum absolute atomic E-state index is 0.150. The molecule has 2 unspecified atom stereocenters. The molecule has 0 spiro atoms. The molecular weight excluding hydrogens is 1010 g/mol. The molecule has 0 fully saturated rings. The van der Waals surface area contributed by atoms with E-state index in [9.17, 15) is 19.5 Å². The number of carboxylic acid groups (broad SMARTS) is 1. The topological polar surface area (TPSA) is 111 Å². The van der Waals surface area contributed by atoms with Crippen molar-refractivity contribution in [3.63, 3.8) is 0 Å². The van der Waals surface area contributed by atoms with Crippen LogP contribution in [0.1, 0.15) is 322 Å². The molecule has 0 radical (unpaired) electrons. The number of carbonyl (C=O) groups is 3. The van der Waals surface area contributed by atoms with Crippen molar-refractivity contribution in [2.24, 2.45) is 0 Å². The average molecular weight is 1140 g/mol. The zero-order valence-corrected chi connectivity index (χ0v) is 53.9. The lowest BCUT2D eigenvalue weighted by Crippen LogP contribution is -2.44. The van der Waals surface area contributed by atoms with Gasteiger partial charge in [-0.15, -0.1) is 0 Å². The monoisotopic (exact) mass is 1140 g/mol. The number of quaternary nitrogens is 1. The first-order valence-corrected chi connectivity index (χ1v) is 34.4. The molecule has 2 atom stereocenters. The van der Waals surface area contributed by atoms with Crippen molar-refractivity contribution in [1.29, 1.82) is 0 Å². The normalized spacial score (nSPS) is 13.0. The number of unbranched alkanes of at least 4 members (excludes halogenated alkanes) is 39. The highest BCUT2D eigenvalue weighted by molar-refractivity contribution is 5.70. The van der Waals surface area contributed by atoms with Crippen molar-refractivity contribution in [2.45, 2.75) is 334 Å². The van der Waals surface area contributed by atoms with Gasteiger partial charge in [-0.05, 0) is 57.8 Å². The van der Waals surface area contributed by atoms with E-state index in [1.807, 2.05) is 21.1 Å². The van der Waals surface area contributed by atoms with Crippen molar-refractivity contribution in [1.82, 2.24) is 0 Å². The van der Waals surface area contributed by atoms with Gasteiger partial charge in [-0.25, -0.2) is 0 Å². The summed E-state index contributed by atoms with van der Waals surface area (Å²) >= 11 is 0. The van der Waals surface area contributed by atoms with Crippen LogP contribution in [0.3, 0.4) is 0 Å². The highest BCUT2D eigenvalue weighted by atomic mass is 16.7. The molecule has 0 aromatic carbocycles. The van der Waals surface area contributed by atoms with E-state index in [1.165, 1.54) is 225 Å². The Kier molecular flexibility index (Phi) is 60.7. The highest BCUT2D eigenvalue weighted by Gasteiger charge is 2.22. The summed E-state index contributed by atoms with van der Waals surface area (Å²) in [7, 11) is 5.94. The van der Waals surface area contributed by atoms with Crippen LogP contribution < -0.4 is 5.11 Å². The molecule has 0 aromatic heterocycles. The molecule has 0 saturated carbocycles. The van der Waals surface area contributed by atoms with Gasteiger partial charge in [0, 0.05) is 12.8 Å². The Labute approximate surface area is 501 Å². The van der Waals surface area contributed by atoms with Crippen LogP contribution in [0.2, 0.25) is 0 Å². The second-order valence-electron chi connectivity index (χ2n) is 24.4. The molecule has 0 aromatic rings. The average Bonchev–Trinajstić information content (AvgIpc) is 3.44. The van der Waals surface area contributed by atoms with Crippen LogP contribution in [0.5, 0.6) is 0 Å². The predicted molar refractivity (Wildman–Crippen MR) is 343 cm³/mol. The van der Waals surface area contributed by atoms with E-state index in [2.05, 4.69) is 74.6 Å². The Hall–Kier alpha value is -3.01. The maximum absolute atomic E-state index is 12.9. The smallest absolute Gasteiger partial charge is 0.306 e. The fraction of sp³-hybridized carbons (Fsp3) is 0.819. The van der Waals surface area contributed by atoms with Gasteiger partial charge in [0.1, 0.15) is 13.2 Å². The summed E-state index contributed by atoms with van der Waals surface area (Å²) in [6, 6.07) is 0. The Bertz CT molecular complexity index is 1510. The summed E-state index contributed by atoms with van der Waals surface area (Å²) in [5.74, 6) is -2.26. The molecule has 0 bridgehead atoms. The maximum Gasteiger partial charge on any atom is 0.306 e. The number of carboxylic acids is 1. The lowest BCUT2D eigenvalue weighted by molar-refractivity contribution is -0.870. The van der Waals surface area contributed by atoms with Crippen LogP contribution in [-0.2, 0) is 33.3 Å². The zero-order valence-electron chi connectivity index (χ0n) is 53.9. The van der Waals surface area contributed by atoms with Crippen LogP contribution in [-0.4, -0.2) is 82.3 Å². The molecule has 0 amide bonds. The largest absolute Gasteiger partial charge is 0.545 e. The Balaban J connectivity index is 4.05. The molecule has 9 nitrogen and oxygen atoms in total. The van der Waals surface area contributed by atoms with E-state index in [-0.39, 0.29) is 32.2 Å². The lowest BCUT2D eigenvalue weighted by Gasteiger charge is -2.26. The van der Waals surface area contributed by atoms with Crippen LogP contribution in [0.15, 0.2) is 60.8 Å². The van der Waals surface area contributed by atoms with Crippen LogP contribution in [0.4, 0.5) is 0 Å². The molecule has 0 aliphatic heterocycles. The maximum atomic E-state index is 12.9. The Morgan fingerprint density at radius 2 is 0.704 bits per heavy atom. The van der Waals surface area contributed by atoms with Crippen molar-refractivity contribution >= 4 is 17.9 Å². The number of carbonyl (C=O) groups excluding carboxylic acids is 3. The SMILES string of the molecule is CC/C=C\C/C=C\C/C=C\C/C=C\C/C=C\CCCCCCCCCCCCCCCCCCCCCC(=O)OC(COC(=O)CCCCCCCCCCCCCCCCCCCCCCC)COC(OCC[N+](C)(C)C)C(=O)[O-]. The number of allylic oxidation sites excluding steroid dienone is 10. The quantitative estimate of drug-likeness (QED) is 0.0195. The van der Waals surface area contributed by atoms with Gasteiger partial charge in [0.15, 0.2) is 12.4 Å². The van der Waals surface area contributed by atoms with Gasteiger partial charge in [-0.1, -0.05) is 312 Å². The van der Waals surface area contributed by atoms with Crippen molar-refractivity contribution in [2.75, 3.05) is 47.5 Å². The molecule has 0 aliphatic rings. The van der Waals surface area contributed by atoms with E-state index in [0.29, 0.717) is 23.9 Å². The minimum atomic E-state index is -1.62. The lowest BCUT2D eigenvalue weighted by atomic mass is 10.0. The molecule has 472 valence electrons. The third-order valence-electron chi connectivity index (χ3n) is 15.3. The number of nitrogens with zero attached hydrogens (tertiary/aromatic N) is 1. The number of aliphatic carboxylic acids is 1. The van der Waals surface area contributed by atoms with E-state index in [4.69, 9.17) is 18.9 Å². The van der Waals surface area contributed by atoms with Crippen molar-refractivity contribution in [3.05, 3.63) is 60.8 Å². The fourth-order valence-corrected chi connectivity index (χ4v) is 10.0. The second-order valence-corrected chi connectivity index (χ2v) is 24.4. The molecule has 0 N–H and O–H groups in total. The minimum Gasteiger partial charge on any atom is -0.545 e. The number of hydrogen-bond acceptors (Lipinski definition) is 8. The van der Waals surface area contributed by atoms with E-state index >= 15 is 0 Å². The first kappa shape index (κ1) is 78.0. The summed E-state index contributed by atoms with van der Waals surface area (Å²) in [5.41, 5.74) is 0. The summed E-state index contributed by atoms with van der Waals surface area (Å²) in [5, 5.41) is 11.8. The number of rotatable bonds is 64. The predicted octanol–water partition coefficient (Wildman–Crippen LogP) is 19.8. The van der Waals surface area contributed by atoms with Crippen LogP contribution in [0.25, 0.3) is 0 Å². The highest BCUT2D eigenvalue weighted by Crippen LogP contribution is 2.18. The third kappa shape index (κ3) is 64.4. The molecule has 0 aliphatic carbocycles. The first-order chi connectivity index (χ1) is 39.6. The van der Waals surface area contributed by atoms with Crippen molar-refractivity contribution in [3.8, 4) is 0 Å². The molecular formula is C72H131NO8. The summed E-state index contributed by atoms with van der Waals surface area (Å²) in [4.78, 5) is 37.4. The van der Waals surface area contributed by atoms with Gasteiger partial charge < -0.3 is 33.3 Å². The summed E-state index contributed by atoms with van der Waals surface area (Å²) < 4.78 is 22.8. The van der Waals surface area contributed by atoms with E-state index in [0.717, 1.165) is 64.2 Å². The van der Waals surface area contributed by atoms with Gasteiger partial charge in [0.05, 0.1) is 40.3 Å².